The molecule has 0 aromatic carbocycles. The summed E-state index contributed by atoms with van der Waals surface area (Å²) in [6.07, 6.45) is -1.86. The van der Waals surface area contributed by atoms with Crippen molar-refractivity contribution in [2.45, 2.75) is 25.8 Å². The number of methoxy groups -OCH3 is 1. The second-order valence-electron chi connectivity index (χ2n) is 3.92. The number of carbonyl (C=O) groups excluding carboxylic acids is 1. The first-order chi connectivity index (χ1) is 8.52. The molecular weight excluding hydrogens is 246 g/mol. The van der Waals surface area contributed by atoms with Crippen molar-refractivity contribution in [2.75, 3.05) is 40.0 Å². The number of rotatable bonds is 10. The van der Waals surface area contributed by atoms with Crippen LogP contribution >= 0.6 is 0 Å². The van der Waals surface area contributed by atoms with E-state index in [4.69, 9.17) is 9.84 Å². The van der Waals surface area contributed by atoms with Gasteiger partial charge in [-0.2, -0.15) is 0 Å². The monoisotopic (exact) mass is 268 g/mol. The smallest absolute Gasteiger partial charge is 0.251 e. The maximum absolute atomic E-state index is 12.3. The Balaban J connectivity index is 4.11. The lowest BCUT2D eigenvalue weighted by Crippen LogP contribution is -2.48. The van der Waals surface area contributed by atoms with Crippen LogP contribution in [-0.2, 0) is 9.53 Å². The third kappa shape index (κ3) is 7.52. The maximum Gasteiger partial charge on any atom is 0.251 e. The van der Waals surface area contributed by atoms with Crippen LogP contribution in [0.25, 0.3) is 0 Å². The SMILES string of the molecule is COCCCNC(=O)C(C)N(CCO)CC(F)F. The average molecular weight is 268 g/mol. The van der Waals surface area contributed by atoms with Crippen LogP contribution in [0.1, 0.15) is 13.3 Å². The third-order valence-corrected chi connectivity index (χ3v) is 2.51. The van der Waals surface area contributed by atoms with Crippen molar-refractivity contribution in [1.29, 1.82) is 0 Å². The molecule has 0 heterocycles. The van der Waals surface area contributed by atoms with Gasteiger partial charge in [-0.3, -0.25) is 9.69 Å². The molecule has 5 nitrogen and oxygen atoms in total. The summed E-state index contributed by atoms with van der Waals surface area (Å²) in [6, 6.07) is -0.686. The zero-order valence-electron chi connectivity index (χ0n) is 10.9. The van der Waals surface area contributed by atoms with E-state index in [0.717, 1.165) is 0 Å². The number of aliphatic hydroxyl groups excluding tert-OH is 1. The lowest BCUT2D eigenvalue weighted by atomic mass is 10.2. The third-order valence-electron chi connectivity index (χ3n) is 2.51. The number of nitrogens with one attached hydrogen (secondary N) is 1. The summed E-state index contributed by atoms with van der Waals surface area (Å²) in [5.41, 5.74) is 0. The summed E-state index contributed by atoms with van der Waals surface area (Å²) < 4.78 is 29.5. The fraction of sp³-hybridized carbons (Fsp3) is 0.909. The molecule has 0 aliphatic rings. The number of carbonyl (C=O) groups is 1. The van der Waals surface area contributed by atoms with Crippen LogP contribution in [0, 0.1) is 0 Å². The highest BCUT2D eigenvalue weighted by Crippen LogP contribution is 2.04. The summed E-state index contributed by atoms with van der Waals surface area (Å²) >= 11 is 0. The minimum absolute atomic E-state index is 0.0526. The normalized spacial score (nSPS) is 13.1. The Bertz CT molecular complexity index is 230. The van der Waals surface area contributed by atoms with Gasteiger partial charge in [-0.1, -0.05) is 0 Å². The van der Waals surface area contributed by atoms with Gasteiger partial charge in [0.2, 0.25) is 5.91 Å². The van der Waals surface area contributed by atoms with Gasteiger partial charge in [0, 0.05) is 26.8 Å². The minimum atomic E-state index is -2.53. The van der Waals surface area contributed by atoms with Gasteiger partial charge in [0.05, 0.1) is 19.2 Å². The highest BCUT2D eigenvalue weighted by molar-refractivity contribution is 5.81. The Morgan fingerprint density at radius 1 is 1.50 bits per heavy atom. The van der Waals surface area contributed by atoms with Crippen molar-refractivity contribution in [3.63, 3.8) is 0 Å². The predicted octanol–water partition coefficient (Wildman–Crippen LogP) is 0.0870. The summed E-state index contributed by atoms with van der Waals surface area (Å²) in [7, 11) is 1.57. The molecule has 0 bridgehead atoms. The van der Waals surface area contributed by atoms with Crippen LogP contribution in [0.4, 0.5) is 8.78 Å². The fourth-order valence-corrected chi connectivity index (χ4v) is 1.49. The molecule has 2 N–H and O–H groups in total. The van der Waals surface area contributed by atoms with Crippen molar-refractivity contribution in [1.82, 2.24) is 10.2 Å². The molecule has 0 saturated heterocycles. The van der Waals surface area contributed by atoms with Gasteiger partial charge < -0.3 is 15.2 Å². The van der Waals surface area contributed by atoms with Crippen LogP contribution in [0.3, 0.4) is 0 Å². The number of hydrogen-bond acceptors (Lipinski definition) is 4. The van der Waals surface area contributed by atoms with Crippen LogP contribution in [0.5, 0.6) is 0 Å². The molecule has 1 unspecified atom stereocenters. The van der Waals surface area contributed by atoms with E-state index in [0.29, 0.717) is 19.6 Å². The quantitative estimate of drug-likeness (QED) is 0.551. The molecule has 0 rings (SSSR count). The van der Waals surface area contributed by atoms with E-state index in [2.05, 4.69) is 5.32 Å². The molecule has 0 aliphatic heterocycles. The summed E-state index contributed by atoms with van der Waals surface area (Å²) in [6.45, 7) is 1.80. The summed E-state index contributed by atoms with van der Waals surface area (Å²) in [5, 5.41) is 11.4. The molecule has 108 valence electrons. The van der Waals surface area contributed by atoms with Gasteiger partial charge in [-0.05, 0) is 13.3 Å². The lowest BCUT2D eigenvalue weighted by molar-refractivity contribution is -0.126. The fourth-order valence-electron chi connectivity index (χ4n) is 1.49. The molecule has 0 aromatic heterocycles. The highest BCUT2D eigenvalue weighted by Gasteiger charge is 2.23. The van der Waals surface area contributed by atoms with E-state index < -0.39 is 19.0 Å². The second-order valence-corrected chi connectivity index (χ2v) is 3.92. The molecule has 0 spiro atoms. The lowest BCUT2D eigenvalue weighted by Gasteiger charge is -2.27. The average Bonchev–Trinajstić information content (AvgIpc) is 2.32. The molecule has 1 amide bonds. The maximum atomic E-state index is 12.3. The second kappa shape index (κ2) is 10.2. The number of ether oxygens (including phenoxy) is 1. The minimum Gasteiger partial charge on any atom is -0.395 e. The van der Waals surface area contributed by atoms with E-state index in [1.807, 2.05) is 0 Å². The Morgan fingerprint density at radius 2 is 2.17 bits per heavy atom. The number of alkyl halides is 2. The predicted molar refractivity (Wildman–Crippen MR) is 63.6 cm³/mol. The number of hydrogen-bond donors (Lipinski definition) is 2. The van der Waals surface area contributed by atoms with Crippen LogP contribution in [-0.4, -0.2) is 68.3 Å². The first-order valence-corrected chi connectivity index (χ1v) is 5.92. The van der Waals surface area contributed by atoms with Crippen LogP contribution in [0.2, 0.25) is 0 Å². The van der Waals surface area contributed by atoms with Crippen LogP contribution < -0.4 is 5.32 Å². The molecule has 1 atom stereocenters. The van der Waals surface area contributed by atoms with E-state index in [-0.39, 0.29) is 19.1 Å². The number of nitrogens with zero attached hydrogens (tertiary/aromatic N) is 1. The Labute approximate surface area is 106 Å². The highest BCUT2D eigenvalue weighted by atomic mass is 19.3. The van der Waals surface area contributed by atoms with E-state index in [1.165, 1.54) is 4.90 Å². The first-order valence-electron chi connectivity index (χ1n) is 5.92. The molecule has 0 radical (unpaired) electrons. The number of amides is 1. The molecule has 0 saturated carbocycles. The molecule has 7 heteroatoms. The molecule has 18 heavy (non-hydrogen) atoms. The van der Waals surface area contributed by atoms with Gasteiger partial charge >= 0.3 is 0 Å². The molecule has 0 aromatic rings. The molecule has 0 aliphatic carbocycles. The Kier molecular flexibility index (Phi) is 9.72. The topological polar surface area (TPSA) is 61.8 Å². The number of aliphatic hydroxyl groups is 1. The standard InChI is InChI=1S/C11H22F2N2O3/c1-9(11(17)14-4-3-7-18-2)15(5-6-16)8-10(12)13/h9-10,16H,3-8H2,1-2H3,(H,14,17). The summed E-state index contributed by atoms with van der Waals surface area (Å²) in [5.74, 6) is -0.319. The summed E-state index contributed by atoms with van der Waals surface area (Å²) in [4.78, 5) is 12.9. The van der Waals surface area contributed by atoms with Crippen LogP contribution in [0.15, 0.2) is 0 Å². The van der Waals surface area contributed by atoms with Gasteiger partial charge in [-0.25, -0.2) is 8.78 Å². The van der Waals surface area contributed by atoms with Crippen molar-refractivity contribution >= 4 is 5.91 Å². The largest absolute Gasteiger partial charge is 0.395 e. The van der Waals surface area contributed by atoms with Gasteiger partial charge in [0.25, 0.3) is 6.43 Å². The van der Waals surface area contributed by atoms with E-state index >= 15 is 0 Å². The Morgan fingerprint density at radius 3 is 2.67 bits per heavy atom. The van der Waals surface area contributed by atoms with Gasteiger partial charge in [-0.15, -0.1) is 0 Å². The van der Waals surface area contributed by atoms with Gasteiger partial charge in [0.15, 0.2) is 0 Å². The van der Waals surface area contributed by atoms with Crippen molar-refractivity contribution < 1.29 is 23.4 Å². The van der Waals surface area contributed by atoms with Crippen molar-refractivity contribution in [3.8, 4) is 0 Å². The Hall–Kier alpha value is -0.790. The van der Waals surface area contributed by atoms with E-state index in [9.17, 15) is 13.6 Å². The zero-order chi connectivity index (χ0) is 14.0. The van der Waals surface area contributed by atoms with Crippen molar-refractivity contribution in [2.24, 2.45) is 0 Å². The first kappa shape index (κ1) is 17.2. The molecule has 0 fully saturated rings. The van der Waals surface area contributed by atoms with Crippen molar-refractivity contribution in [3.05, 3.63) is 0 Å². The molecular formula is C11H22F2N2O3. The van der Waals surface area contributed by atoms with Gasteiger partial charge in [0.1, 0.15) is 0 Å². The number of halogens is 2. The zero-order valence-corrected chi connectivity index (χ0v) is 10.9. The van der Waals surface area contributed by atoms with E-state index in [1.54, 1.807) is 14.0 Å².